The van der Waals surface area contributed by atoms with Crippen LogP contribution in [0, 0.1) is 11.7 Å². The summed E-state index contributed by atoms with van der Waals surface area (Å²) in [6, 6.07) is 4.76. The van der Waals surface area contributed by atoms with Gasteiger partial charge >= 0.3 is 0 Å². The Morgan fingerprint density at radius 3 is 3.00 bits per heavy atom. The van der Waals surface area contributed by atoms with Gasteiger partial charge in [0.25, 0.3) is 0 Å². The molecule has 0 amide bonds. The van der Waals surface area contributed by atoms with E-state index >= 15 is 0 Å². The highest BCUT2D eigenvalue weighted by Crippen LogP contribution is 2.26. The standard InChI is InChI=1S/C13H19FN2O/c14-12-3-4-13(11(6-12)7-15)16-5-1-2-10(8-16)9-17/h3-4,6,10,17H,1-2,5,7-9,15H2. The minimum atomic E-state index is -0.245. The second-order valence-electron chi connectivity index (χ2n) is 4.61. The van der Waals surface area contributed by atoms with Crippen molar-refractivity contribution < 1.29 is 9.50 Å². The third-order valence-electron chi connectivity index (χ3n) is 3.38. The van der Waals surface area contributed by atoms with Crippen LogP contribution in [-0.4, -0.2) is 24.8 Å². The Bertz CT molecular complexity index is 384. The molecule has 0 radical (unpaired) electrons. The number of benzene rings is 1. The number of piperidine rings is 1. The molecule has 0 bridgehead atoms. The van der Waals surface area contributed by atoms with E-state index in [1.54, 1.807) is 6.07 Å². The van der Waals surface area contributed by atoms with E-state index in [1.807, 2.05) is 0 Å². The lowest BCUT2D eigenvalue weighted by Gasteiger charge is -2.34. The van der Waals surface area contributed by atoms with Crippen molar-refractivity contribution in [3.8, 4) is 0 Å². The fourth-order valence-corrected chi connectivity index (χ4v) is 2.46. The van der Waals surface area contributed by atoms with Gasteiger partial charge in [-0.1, -0.05) is 0 Å². The molecule has 1 aliphatic rings. The molecule has 1 aliphatic heterocycles. The fraction of sp³-hybridized carbons (Fsp3) is 0.538. The van der Waals surface area contributed by atoms with Crippen LogP contribution in [0.3, 0.4) is 0 Å². The van der Waals surface area contributed by atoms with Crippen molar-refractivity contribution in [3.63, 3.8) is 0 Å². The monoisotopic (exact) mass is 238 g/mol. The molecule has 1 aromatic rings. The predicted octanol–water partition coefficient (Wildman–Crippen LogP) is 1.49. The van der Waals surface area contributed by atoms with Crippen molar-refractivity contribution in [2.75, 3.05) is 24.6 Å². The molecule has 1 unspecified atom stereocenters. The summed E-state index contributed by atoms with van der Waals surface area (Å²) >= 11 is 0. The minimum absolute atomic E-state index is 0.218. The average molecular weight is 238 g/mol. The Morgan fingerprint density at radius 2 is 2.29 bits per heavy atom. The molecule has 1 saturated heterocycles. The summed E-state index contributed by atoms with van der Waals surface area (Å²) in [5.41, 5.74) is 7.49. The maximum Gasteiger partial charge on any atom is 0.123 e. The number of halogens is 1. The summed E-state index contributed by atoms with van der Waals surface area (Å²) < 4.78 is 13.1. The molecular formula is C13H19FN2O. The Balaban J connectivity index is 2.20. The van der Waals surface area contributed by atoms with Gasteiger partial charge in [0.15, 0.2) is 0 Å². The maximum absolute atomic E-state index is 13.1. The van der Waals surface area contributed by atoms with Gasteiger partial charge in [0, 0.05) is 31.9 Å². The molecule has 3 nitrogen and oxygen atoms in total. The van der Waals surface area contributed by atoms with Crippen molar-refractivity contribution in [2.45, 2.75) is 19.4 Å². The Kier molecular flexibility index (Phi) is 3.97. The van der Waals surface area contributed by atoms with Gasteiger partial charge in [-0.25, -0.2) is 4.39 Å². The van der Waals surface area contributed by atoms with Gasteiger partial charge in [0.2, 0.25) is 0 Å². The van der Waals surface area contributed by atoms with Gasteiger partial charge in [-0.2, -0.15) is 0 Å². The van der Waals surface area contributed by atoms with Gasteiger partial charge in [-0.15, -0.1) is 0 Å². The van der Waals surface area contributed by atoms with Crippen LogP contribution in [0.4, 0.5) is 10.1 Å². The number of nitrogens with two attached hydrogens (primary N) is 1. The van der Waals surface area contributed by atoms with E-state index in [1.165, 1.54) is 12.1 Å². The first kappa shape index (κ1) is 12.3. The molecule has 94 valence electrons. The molecular weight excluding hydrogens is 219 g/mol. The van der Waals surface area contributed by atoms with E-state index < -0.39 is 0 Å². The van der Waals surface area contributed by atoms with Gasteiger partial charge < -0.3 is 15.7 Å². The number of aliphatic hydroxyl groups is 1. The third-order valence-corrected chi connectivity index (χ3v) is 3.38. The normalized spacial score (nSPS) is 20.6. The summed E-state index contributed by atoms with van der Waals surface area (Å²) in [5.74, 6) is 0.0735. The van der Waals surface area contributed by atoms with Crippen LogP contribution in [0.2, 0.25) is 0 Å². The first-order valence-electron chi connectivity index (χ1n) is 6.09. The van der Waals surface area contributed by atoms with Crippen LogP contribution in [0.25, 0.3) is 0 Å². The van der Waals surface area contributed by atoms with Crippen LogP contribution < -0.4 is 10.6 Å². The lowest BCUT2D eigenvalue weighted by Crippen LogP contribution is -2.37. The second-order valence-corrected chi connectivity index (χ2v) is 4.61. The largest absolute Gasteiger partial charge is 0.396 e. The molecule has 0 saturated carbocycles. The van der Waals surface area contributed by atoms with E-state index in [2.05, 4.69) is 4.90 Å². The predicted molar refractivity (Wildman–Crippen MR) is 66.3 cm³/mol. The van der Waals surface area contributed by atoms with Crippen molar-refractivity contribution in [1.29, 1.82) is 0 Å². The minimum Gasteiger partial charge on any atom is -0.396 e. The number of hydrogen-bond donors (Lipinski definition) is 2. The summed E-state index contributed by atoms with van der Waals surface area (Å²) in [6.07, 6.45) is 2.12. The fourth-order valence-electron chi connectivity index (χ4n) is 2.46. The molecule has 1 aromatic carbocycles. The number of aliphatic hydroxyl groups excluding tert-OH is 1. The van der Waals surface area contributed by atoms with Crippen LogP contribution >= 0.6 is 0 Å². The molecule has 1 heterocycles. The van der Waals surface area contributed by atoms with Gasteiger partial charge in [0.05, 0.1) is 0 Å². The zero-order valence-electron chi connectivity index (χ0n) is 9.90. The molecule has 4 heteroatoms. The first-order chi connectivity index (χ1) is 8.24. The molecule has 1 atom stereocenters. The number of anilines is 1. The highest BCUT2D eigenvalue weighted by Gasteiger charge is 2.21. The second kappa shape index (κ2) is 5.47. The summed E-state index contributed by atoms with van der Waals surface area (Å²) in [4.78, 5) is 2.20. The zero-order valence-corrected chi connectivity index (χ0v) is 9.90. The first-order valence-corrected chi connectivity index (χ1v) is 6.09. The number of nitrogens with zero attached hydrogens (tertiary/aromatic N) is 1. The Morgan fingerprint density at radius 1 is 1.47 bits per heavy atom. The molecule has 0 aromatic heterocycles. The average Bonchev–Trinajstić information content (AvgIpc) is 2.38. The number of rotatable bonds is 3. The van der Waals surface area contributed by atoms with Crippen LogP contribution in [0.1, 0.15) is 18.4 Å². The van der Waals surface area contributed by atoms with E-state index in [0.29, 0.717) is 12.5 Å². The topological polar surface area (TPSA) is 49.5 Å². The molecule has 2 rings (SSSR count). The van der Waals surface area contributed by atoms with Crippen LogP contribution in [0.15, 0.2) is 18.2 Å². The lowest BCUT2D eigenvalue weighted by molar-refractivity contribution is 0.208. The van der Waals surface area contributed by atoms with Gasteiger partial charge in [-0.3, -0.25) is 0 Å². The van der Waals surface area contributed by atoms with E-state index in [-0.39, 0.29) is 12.4 Å². The van der Waals surface area contributed by atoms with E-state index in [9.17, 15) is 9.50 Å². The molecule has 0 spiro atoms. The quantitative estimate of drug-likeness (QED) is 0.839. The zero-order chi connectivity index (χ0) is 12.3. The van der Waals surface area contributed by atoms with Gasteiger partial charge in [-0.05, 0) is 42.5 Å². The van der Waals surface area contributed by atoms with Crippen molar-refractivity contribution in [1.82, 2.24) is 0 Å². The third kappa shape index (κ3) is 2.76. The van der Waals surface area contributed by atoms with Crippen LogP contribution in [-0.2, 0) is 6.54 Å². The number of hydrogen-bond acceptors (Lipinski definition) is 3. The summed E-state index contributed by atoms with van der Waals surface area (Å²) in [7, 11) is 0. The molecule has 1 fully saturated rings. The molecule has 17 heavy (non-hydrogen) atoms. The Hall–Kier alpha value is -1.13. The van der Waals surface area contributed by atoms with Crippen molar-refractivity contribution in [3.05, 3.63) is 29.6 Å². The maximum atomic E-state index is 13.1. The summed E-state index contributed by atoms with van der Waals surface area (Å²) in [5, 5.41) is 9.21. The highest BCUT2D eigenvalue weighted by molar-refractivity contribution is 5.54. The van der Waals surface area contributed by atoms with Gasteiger partial charge in [0.1, 0.15) is 5.82 Å². The van der Waals surface area contributed by atoms with Crippen molar-refractivity contribution in [2.24, 2.45) is 11.7 Å². The lowest BCUT2D eigenvalue weighted by atomic mass is 9.97. The van der Waals surface area contributed by atoms with Crippen LogP contribution in [0.5, 0.6) is 0 Å². The smallest absolute Gasteiger partial charge is 0.123 e. The summed E-state index contributed by atoms with van der Waals surface area (Å²) in [6.45, 7) is 2.34. The highest BCUT2D eigenvalue weighted by atomic mass is 19.1. The van der Waals surface area contributed by atoms with E-state index in [4.69, 9.17) is 5.73 Å². The molecule has 0 aliphatic carbocycles. The Labute approximate surface area is 101 Å². The van der Waals surface area contributed by atoms with E-state index in [0.717, 1.165) is 37.2 Å². The SMILES string of the molecule is NCc1cc(F)ccc1N1CCCC(CO)C1. The molecule has 3 N–H and O–H groups in total. The van der Waals surface area contributed by atoms with Crippen molar-refractivity contribution >= 4 is 5.69 Å².